The zero-order valence-corrected chi connectivity index (χ0v) is 7.68. The van der Waals surface area contributed by atoms with Gasteiger partial charge in [-0.2, -0.15) is 0 Å². The van der Waals surface area contributed by atoms with Gasteiger partial charge in [-0.1, -0.05) is 31.6 Å². The van der Waals surface area contributed by atoms with Crippen molar-refractivity contribution in [3.8, 4) is 0 Å². The number of unbranched alkanes of at least 4 members (excludes halogenated alkanes) is 4. The predicted molar refractivity (Wildman–Crippen MR) is 52.7 cm³/mol. The van der Waals surface area contributed by atoms with E-state index in [1.807, 2.05) is 6.08 Å². The molecule has 0 amide bonds. The van der Waals surface area contributed by atoms with E-state index >= 15 is 0 Å². The highest BCUT2D eigenvalue weighted by molar-refractivity contribution is 4.79. The van der Waals surface area contributed by atoms with Gasteiger partial charge in [-0.3, -0.25) is 0 Å². The van der Waals surface area contributed by atoms with Crippen LogP contribution in [0.25, 0.3) is 0 Å². The molecule has 0 aromatic rings. The minimum atomic E-state index is 1.17. The van der Waals surface area contributed by atoms with Crippen molar-refractivity contribution in [3.63, 3.8) is 0 Å². The second-order valence-electron chi connectivity index (χ2n) is 2.81. The fraction of sp³-hybridized carbons (Fsp3) is 0.636. The van der Waals surface area contributed by atoms with Crippen LogP contribution in [0.15, 0.2) is 24.8 Å². The summed E-state index contributed by atoms with van der Waals surface area (Å²) in [6.07, 6.45) is 14.1. The molecule has 0 heteroatoms. The summed E-state index contributed by atoms with van der Waals surface area (Å²) in [5.74, 6) is 0. The second kappa shape index (κ2) is 9.48. The van der Waals surface area contributed by atoms with Crippen LogP contribution in [-0.4, -0.2) is 0 Å². The molecule has 0 nitrogen and oxygen atoms in total. The molecule has 0 atom stereocenters. The summed E-state index contributed by atoms with van der Waals surface area (Å²) in [7, 11) is 0. The van der Waals surface area contributed by atoms with Crippen molar-refractivity contribution < 1.29 is 0 Å². The highest BCUT2D eigenvalue weighted by Gasteiger charge is 1.83. The monoisotopic (exact) mass is 152 g/mol. The molecule has 11 heavy (non-hydrogen) atoms. The van der Waals surface area contributed by atoms with Crippen LogP contribution in [-0.2, 0) is 0 Å². The lowest BCUT2D eigenvalue weighted by Gasteiger charge is -1.93. The molecular formula is C11H20. The molecule has 0 saturated heterocycles. The summed E-state index contributed by atoms with van der Waals surface area (Å²) in [5, 5.41) is 0. The van der Waals surface area contributed by atoms with E-state index in [1.54, 1.807) is 0 Å². The molecule has 0 spiro atoms. The lowest BCUT2D eigenvalue weighted by atomic mass is 10.1. The van der Waals surface area contributed by atoms with Crippen LogP contribution in [0.4, 0.5) is 0 Å². The first kappa shape index (κ1) is 10.5. The Balaban J connectivity index is 2.90. The Hall–Kier alpha value is -0.520. The largest absolute Gasteiger partial charge is 0.103 e. The SMILES string of the molecule is C=CCCCCC/C=C/CC. The van der Waals surface area contributed by atoms with Crippen molar-refractivity contribution in [2.45, 2.75) is 45.4 Å². The first-order valence-corrected chi connectivity index (χ1v) is 4.67. The normalized spacial score (nSPS) is 10.6. The van der Waals surface area contributed by atoms with E-state index < -0.39 is 0 Å². The van der Waals surface area contributed by atoms with Crippen molar-refractivity contribution in [3.05, 3.63) is 24.8 Å². The van der Waals surface area contributed by atoms with E-state index in [2.05, 4.69) is 25.7 Å². The molecular weight excluding hydrogens is 132 g/mol. The Labute approximate surface area is 71.0 Å². The number of rotatable bonds is 7. The Morgan fingerprint density at radius 1 is 1.00 bits per heavy atom. The molecule has 0 radical (unpaired) electrons. The Kier molecular flexibility index (Phi) is 9.03. The van der Waals surface area contributed by atoms with E-state index in [4.69, 9.17) is 0 Å². The standard InChI is InChI=1S/C11H20/c1-3-5-7-9-11-10-8-6-4-2/h3,6,8H,1,4-5,7,9-11H2,2H3/b8-6+. The van der Waals surface area contributed by atoms with Crippen molar-refractivity contribution >= 4 is 0 Å². The maximum Gasteiger partial charge on any atom is -0.0351 e. The third-order valence-electron chi connectivity index (χ3n) is 1.68. The highest BCUT2D eigenvalue weighted by Crippen LogP contribution is 2.03. The molecule has 0 fully saturated rings. The van der Waals surface area contributed by atoms with Gasteiger partial charge in [0.25, 0.3) is 0 Å². The van der Waals surface area contributed by atoms with E-state index in [-0.39, 0.29) is 0 Å². The second-order valence-corrected chi connectivity index (χ2v) is 2.81. The van der Waals surface area contributed by atoms with Crippen molar-refractivity contribution in [2.24, 2.45) is 0 Å². The number of allylic oxidation sites excluding steroid dienone is 3. The van der Waals surface area contributed by atoms with Crippen molar-refractivity contribution in [1.82, 2.24) is 0 Å². The summed E-state index contributed by atoms with van der Waals surface area (Å²) >= 11 is 0. The summed E-state index contributed by atoms with van der Waals surface area (Å²) < 4.78 is 0. The van der Waals surface area contributed by atoms with Gasteiger partial charge in [0, 0.05) is 0 Å². The third-order valence-corrected chi connectivity index (χ3v) is 1.68. The van der Waals surface area contributed by atoms with Gasteiger partial charge in [0.15, 0.2) is 0 Å². The average Bonchev–Trinajstić information content (AvgIpc) is 2.03. The maximum absolute atomic E-state index is 3.69. The smallest absolute Gasteiger partial charge is 0.0351 e. The molecule has 0 bridgehead atoms. The van der Waals surface area contributed by atoms with Crippen molar-refractivity contribution in [1.29, 1.82) is 0 Å². The summed E-state index contributed by atoms with van der Waals surface area (Å²) in [6.45, 7) is 5.87. The van der Waals surface area contributed by atoms with Gasteiger partial charge in [-0.15, -0.1) is 6.58 Å². The van der Waals surface area contributed by atoms with Crippen LogP contribution in [0, 0.1) is 0 Å². The van der Waals surface area contributed by atoms with Crippen LogP contribution >= 0.6 is 0 Å². The first-order chi connectivity index (χ1) is 5.41. The van der Waals surface area contributed by atoms with Crippen LogP contribution in [0.2, 0.25) is 0 Å². The fourth-order valence-corrected chi connectivity index (χ4v) is 1.01. The molecule has 0 aliphatic heterocycles. The first-order valence-electron chi connectivity index (χ1n) is 4.67. The number of hydrogen-bond acceptors (Lipinski definition) is 0. The van der Waals surface area contributed by atoms with Crippen LogP contribution in [0.5, 0.6) is 0 Å². The zero-order chi connectivity index (χ0) is 8.36. The Bertz CT molecular complexity index is 101. The van der Waals surface area contributed by atoms with E-state index in [1.165, 1.54) is 38.5 Å². The van der Waals surface area contributed by atoms with Gasteiger partial charge >= 0.3 is 0 Å². The van der Waals surface area contributed by atoms with Gasteiger partial charge in [-0.25, -0.2) is 0 Å². The molecule has 64 valence electrons. The Morgan fingerprint density at radius 3 is 2.36 bits per heavy atom. The van der Waals surface area contributed by atoms with Crippen LogP contribution in [0.3, 0.4) is 0 Å². The maximum atomic E-state index is 3.69. The molecule has 0 aromatic carbocycles. The average molecular weight is 152 g/mol. The third kappa shape index (κ3) is 9.48. The number of hydrogen-bond donors (Lipinski definition) is 0. The van der Waals surface area contributed by atoms with Crippen molar-refractivity contribution in [2.75, 3.05) is 0 Å². The summed E-state index contributed by atoms with van der Waals surface area (Å²) in [4.78, 5) is 0. The predicted octanol–water partition coefficient (Wildman–Crippen LogP) is 4.09. The molecule has 0 N–H and O–H groups in total. The topological polar surface area (TPSA) is 0 Å². The van der Waals surface area contributed by atoms with Gasteiger partial charge in [0.1, 0.15) is 0 Å². The molecule has 0 unspecified atom stereocenters. The minimum Gasteiger partial charge on any atom is -0.103 e. The molecule has 0 aliphatic rings. The van der Waals surface area contributed by atoms with E-state index in [9.17, 15) is 0 Å². The van der Waals surface area contributed by atoms with Gasteiger partial charge < -0.3 is 0 Å². The van der Waals surface area contributed by atoms with Gasteiger partial charge in [0.05, 0.1) is 0 Å². The van der Waals surface area contributed by atoms with E-state index in [0.717, 1.165) is 0 Å². The molecule has 0 heterocycles. The van der Waals surface area contributed by atoms with Gasteiger partial charge in [-0.05, 0) is 32.1 Å². The molecule has 0 aromatic heterocycles. The van der Waals surface area contributed by atoms with Crippen LogP contribution < -0.4 is 0 Å². The highest BCUT2D eigenvalue weighted by atomic mass is 13.9. The zero-order valence-electron chi connectivity index (χ0n) is 7.68. The van der Waals surface area contributed by atoms with Crippen LogP contribution in [0.1, 0.15) is 45.4 Å². The lowest BCUT2D eigenvalue weighted by Crippen LogP contribution is -1.73. The summed E-state index contributed by atoms with van der Waals surface area (Å²) in [6, 6.07) is 0. The Morgan fingerprint density at radius 2 is 1.73 bits per heavy atom. The fourth-order valence-electron chi connectivity index (χ4n) is 1.01. The molecule has 0 rings (SSSR count). The quantitative estimate of drug-likeness (QED) is 0.381. The minimum absolute atomic E-state index is 1.17. The summed E-state index contributed by atoms with van der Waals surface area (Å²) in [5.41, 5.74) is 0. The molecule has 0 aliphatic carbocycles. The molecule has 0 saturated carbocycles. The lowest BCUT2D eigenvalue weighted by molar-refractivity contribution is 0.696. The van der Waals surface area contributed by atoms with E-state index in [0.29, 0.717) is 0 Å². The van der Waals surface area contributed by atoms with Gasteiger partial charge in [0.2, 0.25) is 0 Å².